The van der Waals surface area contributed by atoms with Gasteiger partial charge in [0.2, 0.25) is 5.16 Å². The summed E-state index contributed by atoms with van der Waals surface area (Å²) in [5.41, 5.74) is 2.73. The molecule has 2 aromatic carbocycles. The van der Waals surface area contributed by atoms with Gasteiger partial charge in [-0.15, -0.1) is 0 Å². The minimum atomic E-state index is -1.36. The number of aromatic nitrogens is 2. The van der Waals surface area contributed by atoms with E-state index in [1.165, 1.54) is 0 Å². The number of para-hydroxylation sites is 2. The first kappa shape index (κ1) is 15.9. The first-order valence-electron chi connectivity index (χ1n) is 7.12. The Morgan fingerprint density at radius 1 is 1.04 bits per heavy atom. The maximum absolute atomic E-state index is 12.7. The lowest BCUT2D eigenvalue weighted by atomic mass is 10.2. The minimum absolute atomic E-state index is 0.266. The van der Waals surface area contributed by atoms with Gasteiger partial charge in [0.1, 0.15) is 5.15 Å². The summed E-state index contributed by atoms with van der Waals surface area (Å²) in [5, 5.41) is 1.37. The molecule has 0 aliphatic carbocycles. The summed E-state index contributed by atoms with van der Waals surface area (Å²) in [6, 6.07) is 15.3. The van der Waals surface area contributed by atoms with Crippen molar-refractivity contribution >= 4 is 39.0 Å². The molecule has 0 spiro atoms. The summed E-state index contributed by atoms with van der Waals surface area (Å²) in [6.07, 6.45) is 0. The third-order valence-corrected chi connectivity index (χ3v) is 4.95. The molecule has 0 radical (unpaired) electrons. The zero-order valence-electron chi connectivity index (χ0n) is 12.9. The Hall–Kier alpha value is -1.98. The van der Waals surface area contributed by atoms with Crippen molar-refractivity contribution in [3.8, 4) is 0 Å². The standard InChI is InChI=1S/C17H16ClN3OS/c1-21(2)15-10-6-3-7-12(15)11-23(22)17-19-14-9-5-4-8-13(14)16(18)20-17/h3-10H,11H2,1-2H3. The zero-order chi connectivity index (χ0) is 16.4. The van der Waals surface area contributed by atoms with Gasteiger partial charge in [0.25, 0.3) is 0 Å². The van der Waals surface area contributed by atoms with Crippen molar-refractivity contribution in [1.82, 2.24) is 9.97 Å². The average molecular weight is 346 g/mol. The predicted octanol–water partition coefficient (Wildman–Crippen LogP) is 3.66. The number of hydrogen-bond acceptors (Lipinski definition) is 4. The van der Waals surface area contributed by atoms with Crippen LogP contribution in [0.25, 0.3) is 10.9 Å². The van der Waals surface area contributed by atoms with Gasteiger partial charge in [-0.3, -0.25) is 4.21 Å². The molecule has 4 nitrogen and oxygen atoms in total. The second kappa shape index (κ2) is 6.64. The number of nitrogens with zero attached hydrogens (tertiary/aromatic N) is 3. The number of halogens is 1. The quantitative estimate of drug-likeness (QED) is 0.535. The van der Waals surface area contributed by atoms with Gasteiger partial charge in [0.15, 0.2) is 0 Å². The monoisotopic (exact) mass is 345 g/mol. The van der Waals surface area contributed by atoms with Crippen molar-refractivity contribution in [2.24, 2.45) is 0 Å². The molecule has 3 rings (SSSR count). The van der Waals surface area contributed by atoms with E-state index in [2.05, 4.69) is 9.97 Å². The molecule has 0 saturated heterocycles. The number of rotatable bonds is 4. The van der Waals surface area contributed by atoms with Crippen LogP contribution in [-0.4, -0.2) is 28.3 Å². The minimum Gasteiger partial charge on any atom is -0.377 e. The summed E-state index contributed by atoms with van der Waals surface area (Å²) >= 11 is 6.20. The molecule has 23 heavy (non-hydrogen) atoms. The van der Waals surface area contributed by atoms with E-state index < -0.39 is 10.8 Å². The lowest BCUT2D eigenvalue weighted by Gasteiger charge is -2.16. The number of benzene rings is 2. The smallest absolute Gasteiger partial charge is 0.220 e. The van der Waals surface area contributed by atoms with Crippen LogP contribution in [0.3, 0.4) is 0 Å². The Morgan fingerprint density at radius 2 is 1.74 bits per heavy atom. The van der Waals surface area contributed by atoms with Gasteiger partial charge in [0.05, 0.1) is 22.1 Å². The van der Waals surface area contributed by atoms with E-state index in [1.807, 2.05) is 67.5 Å². The molecule has 0 amide bonds. The van der Waals surface area contributed by atoms with Crippen molar-refractivity contribution in [3.05, 3.63) is 59.2 Å². The van der Waals surface area contributed by atoms with Gasteiger partial charge >= 0.3 is 0 Å². The molecule has 0 aliphatic rings. The Labute approximate surface area is 142 Å². The summed E-state index contributed by atoms with van der Waals surface area (Å²) in [7, 11) is 2.57. The van der Waals surface area contributed by atoms with Gasteiger partial charge in [-0.2, -0.15) is 0 Å². The highest BCUT2D eigenvalue weighted by Gasteiger charge is 2.14. The van der Waals surface area contributed by atoms with E-state index in [-0.39, 0.29) is 5.16 Å². The molecule has 0 N–H and O–H groups in total. The van der Waals surface area contributed by atoms with E-state index in [1.54, 1.807) is 0 Å². The fourth-order valence-electron chi connectivity index (χ4n) is 2.39. The van der Waals surface area contributed by atoms with Crippen LogP contribution >= 0.6 is 11.6 Å². The molecular formula is C17H16ClN3OS. The SMILES string of the molecule is CN(C)c1ccccc1CS(=O)c1nc(Cl)c2ccccc2n1. The molecule has 0 fully saturated rings. The Balaban J connectivity index is 1.96. The Kier molecular flexibility index (Phi) is 4.59. The number of anilines is 1. The summed E-state index contributed by atoms with van der Waals surface area (Å²) < 4.78 is 12.7. The van der Waals surface area contributed by atoms with Gasteiger partial charge in [-0.25, -0.2) is 9.97 Å². The van der Waals surface area contributed by atoms with E-state index in [0.717, 1.165) is 16.6 Å². The van der Waals surface area contributed by atoms with E-state index in [4.69, 9.17) is 11.6 Å². The topological polar surface area (TPSA) is 46.1 Å². The Morgan fingerprint density at radius 3 is 2.52 bits per heavy atom. The fraction of sp³-hybridized carbons (Fsp3) is 0.176. The maximum atomic E-state index is 12.7. The maximum Gasteiger partial charge on any atom is 0.220 e. The van der Waals surface area contributed by atoms with Crippen molar-refractivity contribution in [1.29, 1.82) is 0 Å². The van der Waals surface area contributed by atoms with Crippen LogP contribution in [0, 0.1) is 0 Å². The predicted molar refractivity (Wildman–Crippen MR) is 95.4 cm³/mol. The lowest BCUT2D eigenvalue weighted by molar-refractivity contribution is 0.676. The van der Waals surface area contributed by atoms with Crippen LogP contribution in [0.1, 0.15) is 5.56 Å². The normalized spacial score (nSPS) is 12.3. The third-order valence-electron chi connectivity index (χ3n) is 3.50. The van der Waals surface area contributed by atoms with Crippen molar-refractivity contribution in [3.63, 3.8) is 0 Å². The largest absolute Gasteiger partial charge is 0.377 e. The summed E-state index contributed by atoms with van der Waals surface area (Å²) in [6.45, 7) is 0. The molecular weight excluding hydrogens is 330 g/mol. The fourth-order valence-corrected chi connectivity index (χ4v) is 3.73. The second-order valence-electron chi connectivity index (χ2n) is 5.33. The molecule has 3 aromatic rings. The average Bonchev–Trinajstić information content (AvgIpc) is 2.55. The summed E-state index contributed by atoms with van der Waals surface area (Å²) in [5.74, 6) is 0.350. The molecule has 1 atom stereocenters. The van der Waals surface area contributed by atoms with Crippen LogP contribution < -0.4 is 4.90 Å². The van der Waals surface area contributed by atoms with Gasteiger partial charge in [-0.1, -0.05) is 41.9 Å². The molecule has 0 saturated carbocycles. The zero-order valence-corrected chi connectivity index (χ0v) is 14.4. The van der Waals surface area contributed by atoms with E-state index in [9.17, 15) is 4.21 Å². The van der Waals surface area contributed by atoms with Crippen LogP contribution in [-0.2, 0) is 16.6 Å². The van der Waals surface area contributed by atoms with Gasteiger partial charge in [-0.05, 0) is 23.8 Å². The lowest BCUT2D eigenvalue weighted by Crippen LogP contribution is -2.12. The molecule has 0 bridgehead atoms. The molecule has 118 valence electrons. The van der Waals surface area contributed by atoms with Gasteiger partial charge in [0, 0.05) is 25.2 Å². The van der Waals surface area contributed by atoms with Crippen LogP contribution in [0.15, 0.2) is 53.7 Å². The third kappa shape index (κ3) is 3.35. The highest BCUT2D eigenvalue weighted by Crippen LogP contribution is 2.24. The van der Waals surface area contributed by atoms with Crippen LogP contribution in [0.5, 0.6) is 0 Å². The second-order valence-corrected chi connectivity index (χ2v) is 7.03. The highest BCUT2D eigenvalue weighted by atomic mass is 35.5. The van der Waals surface area contributed by atoms with Crippen LogP contribution in [0.4, 0.5) is 5.69 Å². The van der Waals surface area contributed by atoms with Gasteiger partial charge < -0.3 is 4.90 Å². The highest BCUT2D eigenvalue weighted by molar-refractivity contribution is 7.84. The first-order valence-corrected chi connectivity index (χ1v) is 8.82. The number of hydrogen-bond donors (Lipinski definition) is 0. The van der Waals surface area contributed by atoms with Crippen LogP contribution in [0.2, 0.25) is 5.15 Å². The molecule has 1 aromatic heterocycles. The Bertz CT molecular complexity index is 883. The molecule has 1 unspecified atom stereocenters. The van der Waals surface area contributed by atoms with Crippen molar-refractivity contribution in [2.75, 3.05) is 19.0 Å². The van der Waals surface area contributed by atoms with E-state index >= 15 is 0 Å². The first-order chi connectivity index (χ1) is 11.1. The van der Waals surface area contributed by atoms with E-state index in [0.29, 0.717) is 16.4 Å². The van der Waals surface area contributed by atoms with Crippen molar-refractivity contribution in [2.45, 2.75) is 10.9 Å². The number of fused-ring (bicyclic) bond motifs is 1. The molecule has 1 heterocycles. The summed E-state index contributed by atoms with van der Waals surface area (Å²) in [4.78, 5) is 10.6. The molecule has 6 heteroatoms. The van der Waals surface area contributed by atoms with Crippen molar-refractivity contribution < 1.29 is 4.21 Å². The molecule has 0 aliphatic heterocycles.